The second kappa shape index (κ2) is 4.24. The molecule has 0 radical (unpaired) electrons. The van der Waals surface area contributed by atoms with E-state index in [0.717, 1.165) is 24.3 Å². The first-order valence-electron chi connectivity index (χ1n) is 4.12. The molecule has 15 heavy (non-hydrogen) atoms. The molecule has 6 nitrogen and oxygen atoms in total. The molecule has 3 N–H and O–H groups in total. The summed E-state index contributed by atoms with van der Waals surface area (Å²) in [6, 6.07) is 0. The Labute approximate surface area is 85.1 Å². The molecule has 0 spiro atoms. The minimum Gasteiger partial charge on any atom is -0.478 e. The average Bonchev–Trinajstić information content (AvgIpc) is 2.94. The summed E-state index contributed by atoms with van der Waals surface area (Å²) in [5.74, 6) is -2.45. The molecular weight excluding hydrogens is 204 g/mol. The summed E-state index contributed by atoms with van der Waals surface area (Å²) in [5.41, 5.74) is -1.67. The first kappa shape index (κ1) is 11.4. The number of epoxide rings is 1. The molecule has 0 aromatic carbocycles. The third kappa shape index (κ3) is 3.53. The van der Waals surface area contributed by atoms with Crippen molar-refractivity contribution in [2.24, 2.45) is 0 Å². The zero-order valence-electron chi connectivity index (χ0n) is 7.66. The Morgan fingerprint density at radius 2 is 1.60 bits per heavy atom. The Kier molecular flexibility index (Phi) is 3.23. The molecule has 0 aliphatic carbocycles. The molecule has 1 aliphatic heterocycles. The number of ether oxygens (including phenoxy) is 1. The number of carboxylic acids is 2. The van der Waals surface area contributed by atoms with Crippen LogP contribution in [0, 0.1) is 0 Å². The van der Waals surface area contributed by atoms with Crippen molar-refractivity contribution in [1.82, 2.24) is 0 Å². The first-order valence-corrected chi connectivity index (χ1v) is 4.12. The molecule has 1 rings (SSSR count). The lowest BCUT2D eigenvalue weighted by atomic mass is 9.99. The van der Waals surface area contributed by atoms with Gasteiger partial charge >= 0.3 is 11.9 Å². The van der Waals surface area contributed by atoms with Crippen molar-refractivity contribution in [2.45, 2.75) is 11.7 Å². The van der Waals surface area contributed by atoms with Crippen LogP contribution in [0.25, 0.3) is 0 Å². The van der Waals surface area contributed by atoms with Gasteiger partial charge in [-0.15, -0.1) is 0 Å². The SMILES string of the molecule is O=C(O)C=CC(O)(C=CC(=O)O)C1CO1. The van der Waals surface area contributed by atoms with E-state index in [4.69, 9.17) is 14.9 Å². The van der Waals surface area contributed by atoms with Crippen molar-refractivity contribution in [2.75, 3.05) is 6.61 Å². The van der Waals surface area contributed by atoms with Crippen LogP contribution in [-0.2, 0) is 14.3 Å². The molecule has 1 saturated heterocycles. The van der Waals surface area contributed by atoms with Crippen molar-refractivity contribution in [3.05, 3.63) is 24.3 Å². The van der Waals surface area contributed by atoms with Gasteiger partial charge < -0.3 is 20.1 Å². The largest absolute Gasteiger partial charge is 0.478 e. The Bertz CT molecular complexity index is 301. The topological polar surface area (TPSA) is 107 Å². The Morgan fingerprint density at radius 1 is 1.20 bits per heavy atom. The van der Waals surface area contributed by atoms with Gasteiger partial charge in [0.1, 0.15) is 11.7 Å². The molecule has 0 bridgehead atoms. The number of hydrogen-bond donors (Lipinski definition) is 3. The van der Waals surface area contributed by atoms with Crippen LogP contribution in [0.1, 0.15) is 0 Å². The Hall–Kier alpha value is -1.66. The number of carbonyl (C=O) groups is 2. The van der Waals surface area contributed by atoms with Gasteiger partial charge in [0, 0.05) is 12.2 Å². The average molecular weight is 214 g/mol. The highest BCUT2D eigenvalue weighted by atomic mass is 16.6. The van der Waals surface area contributed by atoms with Gasteiger partial charge in [-0.3, -0.25) is 0 Å². The first-order chi connectivity index (χ1) is 6.94. The number of aliphatic carboxylic acids is 2. The minimum atomic E-state index is -1.67. The molecule has 1 unspecified atom stereocenters. The Balaban J connectivity index is 2.78. The highest BCUT2D eigenvalue weighted by Crippen LogP contribution is 2.27. The van der Waals surface area contributed by atoms with Gasteiger partial charge in [-0.25, -0.2) is 9.59 Å². The quantitative estimate of drug-likeness (QED) is 0.416. The predicted octanol–water partition coefficient (Wildman–Crippen LogP) is -0.602. The summed E-state index contributed by atoms with van der Waals surface area (Å²) >= 11 is 0. The number of carboxylic acid groups (broad SMARTS) is 2. The molecule has 0 saturated carbocycles. The van der Waals surface area contributed by atoms with Crippen LogP contribution in [0.15, 0.2) is 24.3 Å². The fourth-order valence-electron chi connectivity index (χ4n) is 0.995. The van der Waals surface area contributed by atoms with Crippen LogP contribution >= 0.6 is 0 Å². The van der Waals surface area contributed by atoms with E-state index >= 15 is 0 Å². The van der Waals surface area contributed by atoms with E-state index in [1.54, 1.807) is 0 Å². The maximum absolute atomic E-state index is 10.2. The van der Waals surface area contributed by atoms with Gasteiger partial charge in [-0.2, -0.15) is 0 Å². The summed E-state index contributed by atoms with van der Waals surface area (Å²) in [7, 11) is 0. The van der Waals surface area contributed by atoms with Crippen molar-refractivity contribution in [3.8, 4) is 0 Å². The number of hydrogen-bond acceptors (Lipinski definition) is 4. The summed E-state index contributed by atoms with van der Waals surface area (Å²) < 4.78 is 4.80. The molecule has 0 aromatic rings. The zero-order valence-corrected chi connectivity index (χ0v) is 7.66. The third-order valence-corrected chi connectivity index (χ3v) is 1.83. The van der Waals surface area contributed by atoms with E-state index in [0.29, 0.717) is 0 Å². The monoisotopic (exact) mass is 214 g/mol. The molecule has 1 atom stereocenters. The molecule has 1 fully saturated rings. The van der Waals surface area contributed by atoms with Crippen LogP contribution < -0.4 is 0 Å². The fraction of sp³-hybridized carbons (Fsp3) is 0.333. The van der Waals surface area contributed by atoms with Gasteiger partial charge in [-0.1, -0.05) is 0 Å². The lowest BCUT2D eigenvalue weighted by Crippen LogP contribution is -2.30. The Morgan fingerprint density at radius 3 is 1.87 bits per heavy atom. The summed E-state index contributed by atoms with van der Waals surface area (Å²) in [6.07, 6.45) is 2.89. The second-order valence-electron chi connectivity index (χ2n) is 3.05. The van der Waals surface area contributed by atoms with E-state index < -0.39 is 23.6 Å². The molecule has 82 valence electrons. The van der Waals surface area contributed by atoms with Crippen molar-refractivity contribution < 1.29 is 29.6 Å². The third-order valence-electron chi connectivity index (χ3n) is 1.83. The summed E-state index contributed by atoms with van der Waals surface area (Å²) in [6.45, 7) is 0.268. The normalized spacial score (nSPS) is 24.2. The number of rotatable bonds is 5. The van der Waals surface area contributed by atoms with Crippen LogP contribution in [-0.4, -0.2) is 45.6 Å². The molecule has 1 heterocycles. The summed E-state index contributed by atoms with van der Waals surface area (Å²) in [4.78, 5) is 20.5. The lowest BCUT2D eigenvalue weighted by Gasteiger charge is -2.16. The molecule has 6 heteroatoms. The molecular formula is C9H10O6. The van der Waals surface area contributed by atoms with Crippen LogP contribution in [0.3, 0.4) is 0 Å². The van der Waals surface area contributed by atoms with E-state index in [1.165, 1.54) is 0 Å². The lowest BCUT2D eigenvalue weighted by molar-refractivity contribution is -0.132. The van der Waals surface area contributed by atoms with Crippen LogP contribution in [0.5, 0.6) is 0 Å². The van der Waals surface area contributed by atoms with E-state index in [-0.39, 0.29) is 6.61 Å². The van der Waals surface area contributed by atoms with Gasteiger partial charge in [0.2, 0.25) is 0 Å². The molecule has 0 aromatic heterocycles. The maximum Gasteiger partial charge on any atom is 0.328 e. The van der Waals surface area contributed by atoms with Crippen molar-refractivity contribution in [3.63, 3.8) is 0 Å². The van der Waals surface area contributed by atoms with Gasteiger partial charge in [0.15, 0.2) is 0 Å². The second-order valence-corrected chi connectivity index (χ2v) is 3.05. The van der Waals surface area contributed by atoms with Gasteiger partial charge in [0.05, 0.1) is 6.61 Å². The molecule has 0 amide bonds. The molecule has 1 aliphatic rings. The maximum atomic E-state index is 10.2. The van der Waals surface area contributed by atoms with E-state index in [9.17, 15) is 14.7 Å². The van der Waals surface area contributed by atoms with Gasteiger partial charge in [0.25, 0.3) is 0 Å². The minimum absolute atomic E-state index is 0.268. The van der Waals surface area contributed by atoms with Crippen LogP contribution in [0.2, 0.25) is 0 Å². The highest BCUT2D eigenvalue weighted by Gasteiger charge is 2.42. The number of aliphatic hydroxyl groups is 1. The fourth-order valence-corrected chi connectivity index (χ4v) is 0.995. The van der Waals surface area contributed by atoms with Crippen LogP contribution in [0.4, 0.5) is 0 Å². The van der Waals surface area contributed by atoms with E-state index in [1.807, 2.05) is 0 Å². The van der Waals surface area contributed by atoms with Crippen molar-refractivity contribution >= 4 is 11.9 Å². The predicted molar refractivity (Wildman–Crippen MR) is 48.2 cm³/mol. The van der Waals surface area contributed by atoms with E-state index in [2.05, 4.69) is 0 Å². The van der Waals surface area contributed by atoms with Gasteiger partial charge in [-0.05, 0) is 12.2 Å². The summed E-state index contributed by atoms with van der Waals surface area (Å²) in [5, 5.41) is 26.6. The van der Waals surface area contributed by atoms with Crippen molar-refractivity contribution in [1.29, 1.82) is 0 Å². The zero-order chi connectivity index (χ0) is 11.5. The smallest absolute Gasteiger partial charge is 0.328 e. The standard InChI is InChI=1S/C9H10O6/c10-7(11)1-3-9(14,6-5-15-6)4-2-8(12)13/h1-4,6,14H,5H2,(H,10,11)(H,12,13). The highest BCUT2D eigenvalue weighted by molar-refractivity contribution is 5.81.